The number of carboxylic acids is 1. The maximum Gasteiger partial charge on any atom is 0.303 e. The van der Waals surface area contributed by atoms with Crippen LogP contribution in [0, 0.1) is 5.41 Å². The first-order chi connectivity index (χ1) is 10.0. The summed E-state index contributed by atoms with van der Waals surface area (Å²) < 4.78 is 0. The number of aliphatic carboxylic acids is 1. The van der Waals surface area contributed by atoms with E-state index in [-0.39, 0.29) is 24.8 Å². The van der Waals surface area contributed by atoms with Crippen LogP contribution in [0.5, 0.6) is 0 Å². The van der Waals surface area contributed by atoms with E-state index in [1.807, 2.05) is 6.92 Å². The summed E-state index contributed by atoms with van der Waals surface area (Å²) in [5.41, 5.74) is -0.394. The maximum absolute atomic E-state index is 12.2. The lowest BCUT2D eigenvalue weighted by Gasteiger charge is -2.35. The smallest absolute Gasteiger partial charge is 0.303 e. The molecule has 1 aromatic rings. The summed E-state index contributed by atoms with van der Waals surface area (Å²) in [5, 5.41) is 18.5. The van der Waals surface area contributed by atoms with Gasteiger partial charge in [-0.3, -0.25) is 14.7 Å². The number of hydrogen-bond acceptors (Lipinski definition) is 4. The van der Waals surface area contributed by atoms with Gasteiger partial charge in [-0.15, -0.1) is 0 Å². The second kappa shape index (κ2) is 6.69. The van der Waals surface area contributed by atoms with Gasteiger partial charge in [0.15, 0.2) is 0 Å². The van der Waals surface area contributed by atoms with Gasteiger partial charge in [0.1, 0.15) is 12.2 Å². The molecule has 1 aliphatic carbocycles. The van der Waals surface area contributed by atoms with Crippen LogP contribution in [0.25, 0.3) is 0 Å². The number of H-pyrrole nitrogens is 1. The Bertz CT molecular complexity index is 480. The molecule has 1 aromatic heterocycles. The molecule has 0 bridgehead atoms. The van der Waals surface area contributed by atoms with E-state index in [0.717, 1.165) is 32.1 Å². The van der Waals surface area contributed by atoms with Crippen LogP contribution in [0.4, 0.5) is 0 Å². The van der Waals surface area contributed by atoms with Crippen molar-refractivity contribution < 1.29 is 14.7 Å². The number of carbonyl (C=O) groups excluding carboxylic acids is 1. The van der Waals surface area contributed by atoms with Crippen molar-refractivity contribution in [2.45, 2.75) is 57.9 Å². The van der Waals surface area contributed by atoms with E-state index in [1.165, 1.54) is 6.33 Å². The Morgan fingerprint density at radius 3 is 2.67 bits per heavy atom. The highest BCUT2D eigenvalue weighted by molar-refractivity contribution is 5.78. The predicted octanol–water partition coefficient (Wildman–Crippen LogP) is 1.80. The Morgan fingerprint density at radius 2 is 2.10 bits per heavy atom. The summed E-state index contributed by atoms with van der Waals surface area (Å²) in [6, 6.07) is -0.259. The third kappa shape index (κ3) is 4.27. The highest BCUT2D eigenvalue weighted by Gasteiger charge is 2.36. The Labute approximate surface area is 123 Å². The average molecular weight is 294 g/mol. The lowest BCUT2D eigenvalue weighted by Crippen LogP contribution is -2.36. The maximum atomic E-state index is 12.2. The van der Waals surface area contributed by atoms with Gasteiger partial charge in [0.2, 0.25) is 5.91 Å². The fraction of sp³-hybridized carbons (Fsp3) is 0.714. The predicted molar refractivity (Wildman–Crippen MR) is 75.3 cm³/mol. The molecule has 1 heterocycles. The summed E-state index contributed by atoms with van der Waals surface area (Å²) in [7, 11) is 0. The molecule has 0 aromatic carbocycles. The van der Waals surface area contributed by atoms with Crippen molar-refractivity contribution in [1.29, 1.82) is 0 Å². The number of carbonyl (C=O) groups is 2. The molecule has 0 radical (unpaired) electrons. The van der Waals surface area contributed by atoms with Crippen LogP contribution in [0.15, 0.2) is 6.33 Å². The third-order valence-corrected chi connectivity index (χ3v) is 4.20. The normalized spacial score (nSPS) is 18.9. The molecule has 1 aliphatic rings. The quantitative estimate of drug-likeness (QED) is 0.741. The fourth-order valence-corrected chi connectivity index (χ4v) is 3.16. The van der Waals surface area contributed by atoms with Crippen LogP contribution in [0.1, 0.15) is 63.7 Å². The van der Waals surface area contributed by atoms with Crippen molar-refractivity contribution in [3.63, 3.8) is 0 Å². The van der Waals surface area contributed by atoms with Crippen molar-refractivity contribution in [3.05, 3.63) is 12.2 Å². The molecular weight excluding hydrogens is 272 g/mol. The summed E-state index contributed by atoms with van der Waals surface area (Å²) >= 11 is 0. The summed E-state index contributed by atoms with van der Waals surface area (Å²) in [4.78, 5) is 27.4. The van der Waals surface area contributed by atoms with E-state index in [9.17, 15) is 9.59 Å². The molecule has 21 heavy (non-hydrogen) atoms. The van der Waals surface area contributed by atoms with Crippen molar-refractivity contribution >= 4 is 11.9 Å². The van der Waals surface area contributed by atoms with E-state index < -0.39 is 11.4 Å². The number of amides is 1. The first-order valence-corrected chi connectivity index (χ1v) is 7.37. The molecule has 1 fully saturated rings. The zero-order chi connectivity index (χ0) is 15.3. The Morgan fingerprint density at radius 1 is 1.38 bits per heavy atom. The zero-order valence-electron chi connectivity index (χ0n) is 12.3. The first kappa shape index (κ1) is 15.5. The van der Waals surface area contributed by atoms with Gasteiger partial charge < -0.3 is 10.4 Å². The molecule has 0 aliphatic heterocycles. The Balaban J connectivity index is 1.96. The molecule has 1 unspecified atom stereocenters. The van der Waals surface area contributed by atoms with Gasteiger partial charge in [0.25, 0.3) is 0 Å². The molecule has 0 spiro atoms. The van der Waals surface area contributed by atoms with Crippen LogP contribution < -0.4 is 5.32 Å². The number of hydrogen-bond donors (Lipinski definition) is 3. The third-order valence-electron chi connectivity index (χ3n) is 4.20. The van der Waals surface area contributed by atoms with Crippen LogP contribution in [-0.2, 0) is 9.59 Å². The van der Waals surface area contributed by atoms with Crippen molar-refractivity contribution in [2.24, 2.45) is 5.41 Å². The molecule has 7 heteroatoms. The van der Waals surface area contributed by atoms with Crippen molar-refractivity contribution in [1.82, 2.24) is 20.5 Å². The number of carboxylic acid groups (broad SMARTS) is 1. The summed E-state index contributed by atoms with van der Waals surface area (Å²) in [5.74, 6) is -0.352. The number of nitrogens with zero attached hydrogens (tertiary/aromatic N) is 2. The van der Waals surface area contributed by atoms with Crippen LogP contribution >= 0.6 is 0 Å². The summed E-state index contributed by atoms with van der Waals surface area (Å²) in [6.07, 6.45) is 6.46. The SMILES string of the molecule is CC(NC(=O)CC1(CC(=O)O)CCCCC1)c1ncn[nH]1. The lowest BCUT2D eigenvalue weighted by molar-refractivity contribution is -0.141. The standard InChI is InChI=1S/C14H22N4O3/c1-10(13-15-9-16-18-13)17-11(19)7-14(8-12(20)21)5-3-2-4-6-14/h9-10H,2-8H2,1H3,(H,17,19)(H,20,21)(H,15,16,18). The van der Waals surface area contributed by atoms with Gasteiger partial charge in [-0.2, -0.15) is 5.10 Å². The average Bonchev–Trinajstić information content (AvgIpc) is 2.92. The highest BCUT2D eigenvalue weighted by atomic mass is 16.4. The number of aromatic nitrogens is 3. The van der Waals surface area contributed by atoms with E-state index in [1.54, 1.807) is 0 Å². The zero-order valence-corrected chi connectivity index (χ0v) is 12.3. The minimum atomic E-state index is -0.826. The molecular formula is C14H22N4O3. The van der Waals surface area contributed by atoms with Gasteiger partial charge in [-0.1, -0.05) is 19.3 Å². The van der Waals surface area contributed by atoms with Gasteiger partial charge in [0, 0.05) is 6.42 Å². The highest BCUT2D eigenvalue weighted by Crippen LogP contribution is 2.42. The minimum Gasteiger partial charge on any atom is -0.481 e. The number of aromatic amines is 1. The molecule has 2 rings (SSSR count). The monoisotopic (exact) mass is 294 g/mol. The van der Waals surface area contributed by atoms with Crippen molar-refractivity contribution in [3.8, 4) is 0 Å². The van der Waals surface area contributed by atoms with E-state index >= 15 is 0 Å². The molecule has 1 amide bonds. The lowest BCUT2D eigenvalue weighted by atomic mass is 9.69. The fourth-order valence-electron chi connectivity index (χ4n) is 3.16. The van der Waals surface area contributed by atoms with Crippen LogP contribution in [0.2, 0.25) is 0 Å². The molecule has 7 nitrogen and oxygen atoms in total. The molecule has 0 saturated heterocycles. The largest absolute Gasteiger partial charge is 0.481 e. The van der Waals surface area contributed by atoms with E-state index in [0.29, 0.717) is 5.82 Å². The van der Waals surface area contributed by atoms with Gasteiger partial charge in [-0.05, 0) is 25.2 Å². The topological polar surface area (TPSA) is 108 Å². The molecule has 3 N–H and O–H groups in total. The molecule has 116 valence electrons. The summed E-state index contributed by atoms with van der Waals surface area (Å²) in [6.45, 7) is 1.82. The molecule has 1 saturated carbocycles. The van der Waals surface area contributed by atoms with E-state index in [2.05, 4.69) is 20.5 Å². The minimum absolute atomic E-state index is 0.0666. The number of rotatable bonds is 6. The first-order valence-electron chi connectivity index (χ1n) is 7.37. The molecule has 1 atom stereocenters. The van der Waals surface area contributed by atoms with Gasteiger partial charge in [-0.25, -0.2) is 4.98 Å². The second-order valence-corrected chi connectivity index (χ2v) is 5.97. The van der Waals surface area contributed by atoms with E-state index in [4.69, 9.17) is 5.11 Å². The Kier molecular flexibility index (Phi) is 4.93. The van der Waals surface area contributed by atoms with Gasteiger partial charge >= 0.3 is 5.97 Å². The van der Waals surface area contributed by atoms with Gasteiger partial charge in [0.05, 0.1) is 12.5 Å². The van der Waals surface area contributed by atoms with Crippen molar-refractivity contribution in [2.75, 3.05) is 0 Å². The van der Waals surface area contributed by atoms with Crippen LogP contribution in [-0.4, -0.2) is 32.2 Å². The Hall–Kier alpha value is -1.92. The second-order valence-electron chi connectivity index (χ2n) is 5.97. The number of nitrogens with one attached hydrogen (secondary N) is 2. The van der Waals surface area contributed by atoms with Crippen LogP contribution in [0.3, 0.4) is 0 Å².